The first-order valence-electron chi connectivity index (χ1n) is 12.9. The predicted molar refractivity (Wildman–Crippen MR) is 149 cm³/mol. The summed E-state index contributed by atoms with van der Waals surface area (Å²) in [6.45, 7) is 4.62. The lowest BCUT2D eigenvalue weighted by atomic mass is 10.1. The van der Waals surface area contributed by atoms with Crippen LogP contribution < -0.4 is 15.2 Å². The van der Waals surface area contributed by atoms with Gasteiger partial charge in [0, 0.05) is 43.6 Å². The summed E-state index contributed by atoms with van der Waals surface area (Å²) in [5.41, 5.74) is 7.80. The number of carbonyl (C=O) groups excluding carboxylic acids is 1. The third-order valence-electron chi connectivity index (χ3n) is 6.60. The first-order valence-corrected chi connectivity index (χ1v) is 12.9. The Morgan fingerprint density at radius 1 is 0.947 bits per heavy atom. The summed E-state index contributed by atoms with van der Waals surface area (Å²) in [7, 11) is 0. The van der Waals surface area contributed by atoms with Crippen LogP contribution in [0.3, 0.4) is 0 Å². The standard InChI is InChI=1S/C30H35N5O3/c1-22(31)34-16-14-27(15-17-34)38-26-12-10-24(11-13-26)30(36)35(21-23-6-3-2-4-7-23)18-19-37-28-9-5-8-25(20-28)29(32)33/h2-13,20,27,31H,14-19,21H2,1H3,(H3,32,33). The van der Waals surface area contributed by atoms with Gasteiger partial charge in [-0.1, -0.05) is 42.5 Å². The second-order valence-corrected chi connectivity index (χ2v) is 9.42. The Bertz CT molecular complexity index is 1240. The lowest BCUT2D eigenvalue weighted by molar-refractivity contribution is 0.0716. The Kier molecular flexibility index (Phi) is 8.98. The van der Waals surface area contributed by atoms with Crippen molar-refractivity contribution in [1.29, 1.82) is 10.8 Å². The Hall–Kier alpha value is -4.33. The van der Waals surface area contributed by atoms with Crippen molar-refractivity contribution in [3.8, 4) is 11.5 Å². The molecule has 38 heavy (non-hydrogen) atoms. The molecule has 1 aliphatic rings. The van der Waals surface area contributed by atoms with Crippen LogP contribution in [0, 0.1) is 10.8 Å². The Labute approximate surface area is 224 Å². The SMILES string of the molecule is CC(=N)N1CCC(Oc2ccc(C(=O)N(CCOc3cccc(C(=N)N)c3)Cc3ccccc3)cc2)CC1. The van der Waals surface area contributed by atoms with Crippen LogP contribution in [0.5, 0.6) is 11.5 Å². The number of amidine groups is 2. The summed E-state index contributed by atoms with van der Waals surface area (Å²) in [4.78, 5) is 17.3. The normalized spacial score (nSPS) is 13.6. The zero-order chi connectivity index (χ0) is 26.9. The molecule has 0 aliphatic carbocycles. The van der Waals surface area contributed by atoms with Gasteiger partial charge in [-0.2, -0.15) is 0 Å². The lowest BCUT2D eigenvalue weighted by Gasteiger charge is -2.32. The van der Waals surface area contributed by atoms with Gasteiger partial charge in [0.25, 0.3) is 5.91 Å². The van der Waals surface area contributed by atoms with Crippen molar-refractivity contribution in [2.24, 2.45) is 5.73 Å². The number of ether oxygens (including phenoxy) is 2. The maximum absolute atomic E-state index is 13.5. The number of hydrogen-bond acceptors (Lipinski definition) is 5. The number of nitrogens with one attached hydrogen (secondary N) is 2. The number of rotatable bonds is 10. The highest BCUT2D eigenvalue weighted by Gasteiger charge is 2.21. The van der Waals surface area contributed by atoms with Crippen LogP contribution in [-0.2, 0) is 6.54 Å². The number of carbonyl (C=O) groups is 1. The molecule has 1 saturated heterocycles. The maximum atomic E-state index is 13.5. The highest BCUT2D eigenvalue weighted by atomic mass is 16.5. The van der Waals surface area contributed by atoms with Crippen LogP contribution in [-0.4, -0.2) is 59.7 Å². The molecule has 1 fully saturated rings. The van der Waals surface area contributed by atoms with Gasteiger partial charge < -0.3 is 25.0 Å². The first-order chi connectivity index (χ1) is 18.4. The molecule has 1 heterocycles. The third kappa shape index (κ3) is 7.35. The van der Waals surface area contributed by atoms with Gasteiger partial charge in [-0.05, 0) is 48.9 Å². The van der Waals surface area contributed by atoms with E-state index >= 15 is 0 Å². The first kappa shape index (κ1) is 26.7. The van der Waals surface area contributed by atoms with Gasteiger partial charge in [0.05, 0.1) is 12.4 Å². The number of benzene rings is 3. The van der Waals surface area contributed by atoms with E-state index < -0.39 is 0 Å². The average molecular weight is 514 g/mol. The molecular formula is C30H35N5O3. The number of nitrogens with two attached hydrogens (primary N) is 1. The summed E-state index contributed by atoms with van der Waals surface area (Å²) in [5.74, 6) is 1.84. The Morgan fingerprint density at radius 2 is 1.66 bits per heavy atom. The smallest absolute Gasteiger partial charge is 0.254 e. The fourth-order valence-corrected chi connectivity index (χ4v) is 4.44. The molecule has 4 rings (SSSR count). The Morgan fingerprint density at radius 3 is 2.32 bits per heavy atom. The van der Waals surface area contributed by atoms with Crippen molar-refractivity contribution in [3.05, 3.63) is 95.6 Å². The molecule has 4 N–H and O–H groups in total. The van der Waals surface area contributed by atoms with Crippen LogP contribution >= 0.6 is 0 Å². The molecule has 0 aromatic heterocycles. The number of amides is 1. The van der Waals surface area contributed by atoms with Crippen LogP contribution in [0.2, 0.25) is 0 Å². The summed E-state index contributed by atoms with van der Waals surface area (Å²) >= 11 is 0. The highest BCUT2D eigenvalue weighted by molar-refractivity contribution is 5.95. The molecule has 198 valence electrons. The van der Waals surface area contributed by atoms with E-state index in [0.717, 1.165) is 37.2 Å². The number of nitrogens with zero attached hydrogens (tertiary/aromatic N) is 2. The molecule has 0 spiro atoms. The summed E-state index contributed by atoms with van der Waals surface area (Å²) in [6, 6.07) is 24.3. The van der Waals surface area contributed by atoms with Crippen molar-refractivity contribution in [3.63, 3.8) is 0 Å². The summed E-state index contributed by atoms with van der Waals surface area (Å²) in [6.07, 6.45) is 1.86. The number of piperidine rings is 1. The summed E-state index contributed by atoms with van der Waals surface area (Å²) in [5, 5.41) is 15.4. The average Bonchev–Trinajstić information content (AvgIpc) is 2.93. The van der Waals surface area contributed by atoms with Gasteiger partial charge in [0.15, 0.2) is 0 Å². The maximum Gasteiger partial charge on any atom is 0.254 e. The van der Waals surface area contributed by atoms with E-state index in [-0.39, 0.29) is 17.8 Å². The second-order valence-electron chi connectivity index (χ2n) is 9.42. The van der Waals surface area contributed by atoms with E-state index in [0.29, 0.717) is 42.4 Å². The van der Waals surface area contributed by atoms with E-state index in [4.69, 9.17) is 26.0 Å². The quantitative estimate of drug-likeness (QED) is 0.272. The molecule has 0 bridgehead atoms. The lowest BCUT2D eigenvalue weighted by Crippen LogP contribution is -2.40. The molecule has 0 unspecified atom stereocenters. The largest absolute Gasteiger partial charge is 0.492 e. The molecule has 0 saturated carbocycles. The monoisotopic (exact) mass is 513 g/mol. The number of hydrogen-bond donors (Lipinski definition) is 3. The van der Waals surface area contributed by atoms with Crippen molar-refractivity contribution in [2.75, 3.05) is 26.2 Å². The number of nitrogen functional groups attached to an aromatic ring is 1. The van der Waals surface area contributed by atoms with Crippen LogP contribution in [0.15, 0.2) is 78.9 Å². The number of likely N-dealkylation sites (tertiary alicyclic amines) is 1. The highest BCUT2D eigenvalue weighted by Crippen LogP contribution is 2.21. The van der Waals surface area contributed by atoms with Crippen molar-refractivity contribution in [2.45, 2.75) is 32.4 Å². The van der Waals surface area contributed by atoms with Gasteiger partial charge in [0.2, 0.25) is 0 Å². The van der Waals surface area contributed by atoms with Crippen molar-refractivity contribution >= 4 is 17.6 Å². The van der Waals surface area contributed by atoms with Gasteiger partial charge in [0.1, 0.15) is 30.0 Å². The minimum absolute atomic E-state index is 0.0179. The minimum Gasteiger partial charge on any atom is -0.492 e. The molecule has 1 aliphatic heterocycles. The van der Waals surface area contributed by atoms with Gasteiger partial charge in [-0.3, -0.25) is 15.6 Å². The molecule has 0 radical (unpaired) electrons. The molecule has 8 heteroatoms. The molecule has 0 atom stereocenters. The van der Waals surface area contributed by atoms with E-state index in [9.17, 15) is 4.79 Å². The molecule has 3 aromatic carbocycles. The van der Waals surface area contributed by atoms with Gasteiger partial charge in [-0.15, -0.1) is 0 Å². The molecule has 8 nitrogen and oxygen atoms in total. The van der Waals surface area contributed by atoms with Crippen LogP contribution in [0.1, 0.15) is 41.3 Å². The zero-order valence-corrected chi connectivity index (χ0v) is 21.7. The third-order valence-corrected chi connectivity index (χ3v) is 6.60. The minimum atomic E-state index is -0.0868. The van der Waals surface area contributed by atoms with E-state index in [2.05, 4.69) is 4.90 Å². The topological polar surface area (TPSA) is 116 Å². The molecule has 1 amide bonds. The van der Waals surface area contributed by atoms with Crippen molar-refractivity contribution < 1.29 is 14.3 Å². The van der Waals surface area contributed by atoms with E-state index in [1.807, 2.05) is 67.6 Å². The van der Waals surface area contributed by atoms with E-state index in [1.165, 1.54) is 0 Å². The van der Waals surface area contributed by atoms with Gasteiger partial charge in [-0.25, -0.2) is 0 Å². The predicted octanol–water partition coefficient (Wildman–Crippen LogP) is 4.53. The summed E-state index contributed by atoms with van der Waals surface area (Å²) < 4.78 is 12.0. The fourth-order valence-electron chi connectivity index (χ4n) is 4.44. The molecular weight excluding hydrogens is 478 g/mol. The fraction of sp³-hybridized carbons (Fsp3) is 0.300. The second kappa shape index (κ2) is 12.8. The molecule has 3 aromatic rings. The van der Waals surface area contributed by atoms with E-state index in [1.54, 1.807) is 23.1 Å². The van der Waals surface area contributed by atoms with Gasteiger partial charge >= 0.3 is 0 Å². The van der Waals surface area contributed by atoms with Crippen LogP contribution in [0.4, 0.5) is 0 Å². The Balaban J connectivity index is 1.39. The van der Waals surface area contributed by atoms with Crippen LogP contribution in [0.25, 0.3) is 0 Å². The zero-order valence-electron chi connectivity index (χ0n) is 21.7. The van der Waals surface area contributed by atoms with Crippen molar-refractivity contribution in [1.82, 2.24) is 9.80 Å².